The molecule has 1 unspecified atom stereocenters. The van der Waals surface area contributed by atoms with E-state index in [9.17, 15) is 9.59 Å². The van der Waals surface area contributed by atoms with E-state index in [1.165, 1.54) is 0 Å². The molecule has 0 saturated carbocycles. The molecule has 3 N–H and O–H groups in total. The van der Waals surface area contributed by atoms with Gasteiger partial charge in [-0.2, -0.15) is 0 Å². The van der Waals surface area contributed by atoms with Crippen LogP contribution in [-0.4, -0.2) is 24.5 Å². The fraction of sp³-hybridized carbons (Fsp3) is 0.333. The van der Waals surface area contributed by atoms with Crippen molar-refractivity contribution in [2.45, 2.75) is 19.4 Å². The number of hydrogen-bond donors (Lipinski definition) is 3. The number of benzene rings is 1. The van der Waals surface area contributed by atoms with Crippen molar-refractivity contribution in [3.05, 3.63) is 28.2 Å². The molecule has 96 valence electrons. The number of carbonyl (C=O) groups excluding carboxylic acids is 2. The van der Waals surface area contributed by atoms with Crippen molar-refractivity contribution in [3.63, 3.8) is 0 Å². The second-order valence-electron chi connectivity index (χ2n) is 4.27. The standard InChI is InChI=1S/C12H14BrN3O2/c1-7-4-8(2-3-10(7)13)15-12(18)16-9-5-11(17)14-6-9/h2-4,9H,5-6H2,1H3,(H,14,17)(H2,15,16,18). The summed E-state index contributed by atoms with van der Waals surface area (Å²) >= 11 is 3.40. The highest BCUT2D eigenvalue weighted by molar-refractivity contribution is 9.10. The molecule has 0 aromatic heterocycles. The van der Waals surface area contributed by atoms with E-state index in [0.717, 1.165) is 15.7 Å². The van der Waals surface area contributed by atoms with Crippen LogP contribution in [0, 0.1) is 6.92 Å². The molecule has 2 rings (SSSR count). The van der Waals surface area contributed by atoms with Crippen LogP contribution in [0.25, 0.3) is 0 Å². The summed E-state index contributed by atoms with van der Waals surface area (Å²) in [6.07, 6.45) is 0.340. The van der Waals surface area contributed by atoms with Crippen LogP contribution in [0.2, 0.25) is 0 Å². The number of rotatable bonds is 2. The molecule has 1 aromatic rings. The molecule has 1 aliphatic rings. The summed E-state index contributed by atoms with van der Waals surface area (Å²) in [6.45, 7) is 2.44. The zero-order valence-electron chi connectivity index (χ0n) is 9.92. The van der Waals surface area contributed by atoms with Crippen molar-refractivity contribution in [2.24, 2.45) is 0 Å². The summed E-state index contributed by atoms with van der Waals surface area (Å²) in [4.78, 5) is 22.7. The molecule has 3 amide bonds. The van der Waals surface area contributed by atoms with Gasteiger partial charge in [-0.1, -0.05) is 15.9 Å². The third-order valence-corrected chi connectivity index (χ3v) is 3.62. The Morgan fingerprint density at radius 3 is 2.89 bits per heavy atom. The van der Waals surface area contributed by atoms with E-state index in [0.29, 0.717) is 13.0 Å². The van der Waals surface area contributed by atoms with E-state index in [1.807, 2.05) is 25.1 Å². The van der Waals surface area contributed by atoms with Gasteiger partial charge < -0.3 is 16.0 Å². The first-order valence-corrected chi connectivity index (χ1v) is 6.44. The van der Waals surface area contributed by atoms with Gasteiger partial charge in [-0.15, -0.1) is 0 Å². The number of urea groups is 1. The van der Waals surface area contributed by atoms with Gasteiger partial charge in [-0.05, 0) is 30.7 Å². The van der Waals surface area contributed by atoms with Crippen LogP contribution in [0.4, 0.5) is 10.5 Å². The predicted octanol–water partition coefficient (Wildman–Crippen LogP) is 1.77. The first-order chi connectivity index (χ1) is 8.54. The fourth-order valence-electron chi connectivity index (χ4n) is 1.78. The minimum absolute atomic E-state index is 0.0280. The van der Waals surface area contributed by atoms with Gasteiger partial charge in [-0.25, -0.2) is 4.79 Å². The van der Waals surface area contributed by atoms with E-state index >= 15 is 0 Å². The van der Waals surface area contributed by atoms with Crippen LogP contribution in [0.1, 0.15) is 12.0 Å². The summed E-state index contributed by atoms with van der Waals surface area (Å²) in [5, 5.41) is 8.16. The van der Waals surface area contributed by atoms with Crippen molar-refractivity contribution in [1.29, 1.82) is 0 Å². The molecule has 1 fully saturated rings. The van der Waals surface area contributed by atoms with Gasteiger partial charge in [0.2, 0.25) is 5.91 Å². The molecule has 0 bridgehead atoms. The van der Waals surface area contributed by atoms with Crippen LogP contribution < -0.4 is 16.0 Å². The summed E-state index contributed by atoms with van der Waals surface area (Å²) in [6, 6.07) is 5.15. The Kier molecular flexibility index (Phi) is 3.86. The first-order valence-electron chi connectivity index (χ1n) is 5.65. The Bertz CT molecular complexity index is 490. The third-order valence-electron chi connectivity index (χ3n) is 2.73. The average Bonchev–Trinajstić information content (AvgIpc) is 2.69. The third kappa shape index (κ3) is 3.22. The van der Waals surface area contributed by atoms with Crippen molar-refractivity contribution in [3.8, 4) is 0 Å². The number of nitrogens with one attached hydrogen (secondary N) is 3. The van der Waals surface area contributed by atoms with E-state index in [1.54, 1.807) is 0 Å². The fourth-order valence-corrected chi connectivity index (χ4v) is 2.03. The van der Waals surface area contributed by atoms with Crippen molar-refractivity contribution < 1.29 is 9.59 Å². The molecule has 1 aliphatic heterocycles. The lowest BCUT2D eigenvalue weighted by Crippen LogP contribution is -2.39. The highest BCUT2D eigenvalue weighted by Gasteiger charge is 2.22. The molecule has 5 nitrogen and oxygen atoms in total. The highest BCUT2D eigenvalue weighted by atomic mass is 79.9. The van der Waals surface area contributed by atoms with Crippen molar-refractivity contribution in [1.82, 2.24) is 10.6 Å². The summed E-state index contributed by atoms with van der Waals surface area (Å²) in [7, 11) is 0. The normalized spacial score (nSPS) is 18.3. The zero-order valence-corrected chi connectivity index (χ0v) is 11.5. The smallest absolute Gasteiger partial charge is 0.319 e. The monoisotopic (exact) mass is 311 g/mol. The zero-order chi connectivity index (χ0) is 13.1. The summed E-state index contributed by atoms with van der Waals surface area (Å²) in [5.74, 6) is -0.0280. The molecular weight excluding hydrogens is 298 g/mol. The molecule has 1 heterocycles. The molecule has 1 saturated heterocycles. The van der Waals surface area contributed by atoms with Crippen LogP contribution in [0.15, 0.2) is 22.7 Å². The second-order valence-corrected chi connectivity index (χ2v) is 5.12. The quantitative estimate of drug-likeness (QED) is 0.779. The lowest BCUT2D eigenvalue weighted by Gasteiger charge is -2.12. The molecule has 6 heteroatoms. The number of anilines is 1. The minimum atomic E-state index is -0.293. The molecule has 0 spiro atoms. The molecule has 18 heavy (non-hydrogen) atoms. The molecule has 0 radical (unpaired) electrons. The Hall–Kier alpha value is -1.56. The number of carbonyl (C=O) groups is 2. The van der Waals surface area contributed by atoms with E-state index in [4.69, 9.17) is 0 Å². The minimum Gasteiger partial charge on any atom is -0.354 e. The topological polar surface area (TPSA) is 70.2 Å². The summed E-state index contributed by atoms with van der Waals surface area (Å²) in [5.41, 5.74) is 1.77. The van der Waals surface area contributed by atoms with Gasteiger partial charge >= 0.3 is 6.03 Å². The van der Waals surface area contributed by atoms with Crippen LogP contribution in [0.5, 0.6) is 0 Å². The lowest BCUT2D eigenvalue weighted by molar-refractivity contribution is -0.119. The Morgan fingerprint density at radius 2 is 2.28 bits per heavy atom. The molecule has 0 aliphatic carbocycles. The maximum absolute atomic E-state index is 11.7. The van der Waals surface area contributed by atoms with E-state index < -0.39 is 0 Å². The van der Waals surface area contributed by atoms with Gasteiger partial charge in [0, 0.05) is 23.1 Å². The summed E-state index contributed by atoms with van der Waals surface area (Å²) < 4.78 is 0.999. The van der Waals surface area contributed by atoms with E-state index in [2.05, 4.69) is 31.9 Å². The van der Waals surface area contributed by atoms with Crippen molar-refractivity contribution in [2.75, 3.05) is 11.9 Å². The largest absolute Gasteiger partial charge is 0.354 e. The number of halogens is 1. The number of aryl methyl sites for hydroxylation is 1. The van der Waals surface area contributed by atoms with Gasteiger partial charge in [0.15, 0.2) is 0 Å². The number of hydrogen-bond acceptors (Lipinski definition) is 2. The molecule has 1 aromatic carbocycles. The van der Waals surface area contributed by atoms with Gasteiger partial charge in [0.05, 0.1) is 6.04 Å². The SMILES string of the molecule is Cc1cc(NC(=O)NC2CNC(=O)C2)ccc1Br. The average molecular weight is 312 g/mol. The van der Waals surface area contributed by atoms with Crippen LogP contribution in [-0.2, 0) is 4.79 Å². The van der Waals surface area contributed by atoms with Crippen LogP contribution in [0.3, 0.4) is 0 Å². The van der Waals surface area contributed by atoms with Gasteiger partial charge in [-0.3, -0.25) is 4.79 Å². The molecule has 1 atom stereocenters. The van der Waals surface area contributed by atoms with Crippen molar-refractivity contribution >= 4 is 33.6 Å². The predicted molar refractivity (Wildman–Crippen MR) is 72.4 cm³/mol. The second kappa shape index (κ2) is 5.39. The maximum Gasteiger partial charge on any atom is 0.319 e. The lowest BCUT2D eigenvalue weighted by atomic mass is 10.2. The molecular formula is C12H14BrN3O2. The number of amides is 3. The Labute approximate surface area is 113 Å². The van der Waals surface area contributed by atoms with Crippen LogP contribution >= 0.6 is 15.9 Å². The Balaban J connectivity index is 1.90. The van der Waals surface area contributed by atoms with E-state index in [-0.39, 0.29) is 18.0 Å². The van der Waals surface area contributed by atoms with Gasteiger partial charge in [0.1, 0.15) is 0 Å². The first kappa shape index (κ1) is 12.9. The maximum atomic E-state index is 11.7. The van der Waals surface area contributed by atoms with Gasteiger partial charge in [0.25, 0.3) is 0 Å². The highest BCUT2D eigenvalue weighted by Crippen LogP contribution is 2.19. The Morgan fingerprint density at radius 1 is 1.50 bits per heavy atom.